The molecule has 1 atom stereocenters. The minimum atomic E-state index is 0.744. The smallest absolute Gasteiger partial charge is 0.0574 e. The van der Waals surface area contributed by atoms with Crippen molar-refractivity contribution >= 4 is 27.3 Å². The standard InChI is InChI=1S/C12H18BrN3/c1-16-5-4-9(8-16)7-15-12-3-2-10(13)6-11(12)14/h2-3,6,9,15H,4-5,7-8,14H2,1H3. The van der Waals surface area contributed by atoms with Crippen LogP contribution in [0.3, 0.4) is 0 Å². The lowest BCUT2D eigenvalue weighted by molar-refractivity contribution is 0.399. The van der Waals surface area contributed by atoms with Gasteiger partial charge < -0.3 is 16.0 Å². The van der Waals surface area contributed by atoms with Crippen LogP contribution in [0.4, 0.5) is 11.4 Å². The number of nitrogens with one attached hydrogen (secondary N) is 1. The molecule has 1 aliphatic heterocycles. The average Bonchev–Trinajstić information content (AvgIpc) is 2.63. The Balaban J connectivity index is 1.89. The van der Waals surface area contributed by atoms with Crippen molar-refractivity contribution in [1.29, 1.82) is 0 Å². The van der Waals surface area contributed by atoms with Crippen molar-refractivity contribution in [3.8, 4) is 0 Å². The molecule has 1 unspecified atom stereocenters. The predicted octanol–water partition coefficient (Wildman–Crippen LogP) is 2.39. The molecule has 0 aromatic heterocycles. The van der Waals surface area contributed by atoms with Gasteiger partial charge in [-0.15, -0.1) is 0 Å². The van der Waals surface area contributed by atoms with Crippen LogP contribution < -0.4 is 11.1 Å². The summed E-state index contributed by atoms with van der Waals surface area (Å²) in [5.41, 5.74) is 7.78. The number of benzene rings is 1. The summed E-state index contributed by atoms with van der Waals surface area (Å²) in [6.07, 6.45) is 1.28. The average molecular weight is 284 g/mol. The number of anilines is 2. The Kier molecular flexibility index (Phi) is 3.71. The minimum absolute atomic E-state index is 0.744. The molecular weight excluding hydrogens is 266 g/mol. The molecule has 1 aromatic rings. The van der Waals surface area contributed by atoms with Crippen LogP contribution in [0.2, 0.25) is 0 Å². The number of rotatable bonds is 3. The van der Waals surface area contributed by atoms with Crippen LogP contribution in [0.25, 0.3) is 0 Å². The fraction of sp³-hybridized carbons (Fsp3) is 0.500. The molecule has 1 aliphatic rings. The molecule has 0 radical (unpaired) electrons. The maximum Gasteiger partial charge on any atom is 0.0574 e. The summed E-state index contributed by atoms with van der Waals surface area (Å²) in [6.45, 7) is 3.40. The van der Waals surface area contributed by atoms with Crippen molar-refractivity contribution in [3.63, 3.8) is 0 Å². The molecule has 2 rings (SSSR count). The van der Waals surface area contributed by atoms with E-state index in [1.54, 1.807) is 0 Å². The Morgan fingerprint density at radius 2 is 2.38 bits per heavy atom. The second kappa shape index (κ2) is 5.06. The predicted molar refractivity (Wildman–Crippen MR) is 72.6 cm³/mol. The molecule has 16 heavy (non-hydrogen) atoms. The van der Waals surface area contributed by atoms with Crippen LogP contribution in [0.1, 0.15) is 6.42 Å². The van der Waals surface area contributed by atoms with Gasteiger partial charge in [0.1, 0.15) is 0 Å². The Bertz CT molecular complexity index is 367. The van der Waals surface area contributed by atoms with Gasteiger partial charge in [-0.05, 0) is 44.1 Å². The van der Waals surface area contributed by atoms with Gasteiger partial charge in [0.2, 0.25) is 0 Å². The SMILES string of the molecule is CN1CCC(CNc2ccc(Br)cc2N)C1. The highest BCUT2D eigenvalue weighted by Gasteiger charge is 2.18. The number of halogens is 1. The zero-order chi connectivity index (χ0) is 11.5. The molecule has 0 spiro atoms. The summed E-state index contributed by atoms with van der Waals surface area (Å²) >= 11 is 3.41. The molecule has 1 heterocycles. The third-order valence-corrected chi connectivity index (χ3v) is 3.58. The van der Waals surface area contributed by atoms with E-state index in [9.17, 15) is 0 Å². The van der Waals surface area contributed by atoms with Gasteiger partial charge in [-0.1, -0.05) is 15.9 Å². The van der Waals surface area contributed by atoms with E-state index in [2.05, 4.69) is 33.2 Å². The van der Waals surface area contributed by atoms with E-state index < -0.39 is 0 Å². The molecule has 1 fully saturated rings. The van der Waals surface area contributed by atoms with Crippen molar-refractivity contribution in [1.82, 2.24) is 4.90 Å². The zero-order valence-electron chi connectivity index (χ0n) is 9.54. The number of hydrogen-bond acceptors (Lipinski definition) is 3. The van der Waals surface area contributed by atoms with Gasteiger partial charge in [0.25, 0.3) is 0 Å². The second-order valence-electron chi connectivity index (χ2n) is 4.53. The van der Waals surface area contributed by atoms with Gasteiger partial charge >= 0.3 is 0 Å². The van der Waals surface area contributed by atoms with Crippen molar-refractivity contribution in [3.05, 3.63) is 22.7 Å². The number of nitrogens with zero attached hydrogens (tertiary/aromatic N) is 1. The molecule has 0 amide bonds. The summed E-state index contributed by atoms with van der Waals surface area (Å²) in [5.74, 6) is 0.744. The highest BCUT2D eigenvalue weighted by atomic mass is 79.9. The number of nitrogens with two attached hydrogens (primary N) is 1. The summed E-state index contributed by atoms with van der Waals surface area (Å²) in [7, 11) is 2.17. The molecule has 3 nitrogen and oxygen atoms in total. The van der Waals surface area contributed by atoms with Gasteiger partial charge in [-0.3, -0.25) is 0 Å². The van der Waals surface area contributed by atoms with Gasteiger partial charge in [0, 0.05) is 17.6 Å². The van der Waals surface area contributed by atoms with E-state index in [0.717, 1.165) is 28.3 Å². The first kappa shape index (κ1) is 11.7. The molecule has 4 heteroatoms. The summed E-state index contributed by atoms with van der Waals surface area (Å²) < 4.78 is 1.02. The van der Waals surface area contributed by atoms with Gasteiger partial charge in [-0.2, -0.15) is 0 Å². The van der Waals surface area contributed by atoms with E-state index in [1.807, 2.05) is 18.2 Å². The van der Waals surface area contributed by atoms with Crippen molar-refractivity contribution in [2.75, 3.05) is 37.7 Å². The van der Waals surface area contributed by atoms with Gasteiger partial charge in [-0.25, -0.2) is 0 Å². The highest BCUT2D eigenvalue weighted by Crippen LogP contribution is 2.24. The first-order valence-electron chi connectivity index (χ1n) is 5.62. The number of likely N-dealkylation sites (tertiary alicyclic amines) is 1. The van der Waals surface area contributed by atoms with Crippen LogP contribution in [0.15, 0.2) is 22.7 Å². The zero-order valence-corrected chi connectivity index (χ0v) is 11.1. The Labute approximate surface area is 105 Å². The summed E-state index contributed by atoms with van der Waals surface area (Å²) in [4.78, 5) is 2.37. The quantitative estimate of drug-likeness (QED) is 0.837. The molecule has 1 saturated heterocycles. The topological polar surface area (TPSA) is 41.3 Å². The molecule has 3 N–H and O–H groups in total. The van der Waals surface area contributed by atoms with Crippen LogP contribution in [-0.4, -0.2) is 31.6 Å². The summed E-state index contributed by atoms with van der Waals surface area (Å²) in [6, 6.07) is 5.97. The highest BCUT2D eigenvalue weighted by molar-refractivity contribution is 9.10. The fourth-order valence-electron chi connectivity index (χ4n) is 2.14. The Hall–Kier alpha value is -0.740. The van der Waals surface area contributed by atoms with E-state index in [-0.39, 0.29) is 0 Å². The monoisotopic (exact) mass is 283 g/mol. The molecule has 1 aromatic carbocycles. The maximum atomic E-state index is 5.93. The van der Waals surface area contributed by atoms with Gasteiger partial charge in [0.15, 0.2) is 0 Å². The number of nitrogen functional groups attached to an aromatic ring is 1. The normalized spacial score (nSPS) is 21.2. The summed E-state index contributed by atoms with van der Waals surface area (Å²) in [5, 5.41) is 3.43. The minimum Gasteiger partial charge on any atom is -0.397 e. The maximum absolute atomic E-state index is 5.93. The Morgan fingerprint density at radius 1 is 1.56 bits per heavy atom. The first-order chi connectivity index (χ1) is 7.65. The lowest BCUT2D eigenvalue weighted by Gasteiger charge is -2.14. The van der Waals surface area contributed by atoms with Crippen LogP contribution in [-0.2, 0) is 0 Å². The number of hydrogen-bond donors (Lipinski definition) is 2. The molecule has 0 aliphatic carbocycles. The van der Waals surface area contributed by atoms with E-state index in [0.29, 0.717) is 0 Å². The molecular formula is C12H18BrN3. The first-order valence-corrected chi connectivity index (χ1v) is 6.42. The molecule has 88 valence electrons. The largest absolute Gasteiger partial charge is 0.397 e. The van der Waals surface area contributed by atoms with E-state index >= 15 is 0 Å². The Morgan fingerprint density at radius 3 is 3.00 bits per heavy atom. The third-order valence-electron chi connectivity index (χ3n) is 3.08. The van der Waals surface area contributed by atoms with Crippen molar-refractivity contribution < 1.29 is 0 Å². The van der Waals surface area contributed by atoms with Crippen molar-refractivity contribution in [2.45, 2.75) is 6.42 Å². The van der Waals surface area contributed by atoms with Crippen molar-refractivity contribution in [2.24, 2.45) is 5.92 Å². The van der Waals surface area contributed by atoms with Crippen LogP contribution in [0, 0.1) is 5.92 Å². The van der Waals surface area contributed by atoms with E-state index in [1.165, 1.54) is 19.5 Å². The second-order valence-corrected chi connectivity index (χ2v) is 5.45. The van der Waals surface area contributed by atoms with Crippen LogP contribution >= 0.6 is 15.9 Å². The van der Waals surface area contributed by atoms with E-state index in [4.69, 9.17) is 5.73 Å². The molecule has 0 saturated carbocycles. The third kappa shape index (κ3) is 2.89. The fourth-order valence-corrected chi connectivity index (χ4v) is 2.52. The molecule has 0 bridgehead atoms. The van der Waals surface area contributed by atoms with Gasteiger partial charge in [0.05, 0.1) is 11.4 Å². The van der Waals surface area contributed by atoms with Crippen LogP contribution in [0.5, 0.6) is 0 Å². The lowest BCUT2D eigenvalue weighted by atomic mass is 10.1. The lowest BCUT2D eigenvalue weighted by Crippen LogP contribution is -2.19.